The molecule has 1 aromatic heterocycles. The molecule has 0 bridgehead atoms. The zero-order chi connectivity index (χ0) is 7.56. The highest BCUT2D eigenvalue weighted by molar-refractivity contribution is 7.03. The summed E-state index contributed by atoms with van der Waals surface area (Å²) in [6.07, 6.45) is 0. The first-order valence-corrected chi connectivity index (χ1v) is 4.31. The van der Waals surface area contributed by atoms with E-state index in [-0.39, 0.29) is 0 Å². The Kier molecular flexibility index (Phi) is 2.38. The van der Waals surface area contributed by atoms with E-state index in [9.17, 15) is 0 Å². The van der Waals surface area contributed by atoms with E-state index < -0.39 is 0 Å². The van der Waals surface area contributed by atoms with Gasteiger partial charge in [-0.05, 0) is 17.5 Å². The fraction of sp³-hybridized carbons (Fsp3) is 0.714. The summed E-state index contributed by atoms with van der Waals surface area (Å²) >= 11 is 1.42. The number of aromatic nitrogens is 2. The van der Waals surface area contributed by atoms with Gasteiger partial charge in [0.25, 0.3) is 0 Å². The smallest absolute Gasteiger partial charge is 0.145 e. The van der Waals surface area contributed by atoms with Crippen molar-refractivity contribution in [2.24, 2.45) is 5.92 Å². The SMILES string of the molecule is CC(C)C(C)c1ncsn1. The van der Waals surface area contributed by atoms with Crippen molar-refractivity contribution in [3.05, 3.63) is 11.3 Å². The van der Waals surface area contributed by atoms with Gasteiger partial charge in [-0.15, -0.1) is 0 Å². The minimum atomic E-state index is 0.492. The Morgan fingerprint density at radius 3 is 2.50 bits per heavy atom. The summed E-state index contributed by atoms with van der Waals surface area (Å²) in [7, 11) is 0. The number of hydrogen-bond donors (Lipinski definition) is 0. The van der Waals surface area contributed by atoms with Crippen LogP contribution in [0.3, 0.4) is 0 Å². The normalized spacial score (nSPS) is 14.0. The van der Waals surface area contributed by atoms with Crippen LogP contribution in [0.4, 0.5) is 0 Å². The lowest BCUT2D eigenvalue weighted by Gasteiger charge is -2.09. The van der Waals surface area contributed by atoms with E-state index in [1.165, 1.54) is 11.5 Å². The van der Waals surface area contributed by atoms with E-state index >= 15 is 0 Å². The van der Waals surface area contributed by atoms with Crippen molar-refractivity contribution in [1.82, 2.24) is 9.36 Å². The van der Waals surface area contributed by atoms with Gasteiger partial charge in [0.1, 0.15) is 11.3 Å². The van der Waals surface area contributed by atoms with E-state index in [0.29, 0.717) is 11.8 Å². The van der Waals surface area contributed by atoms with Crippen LogP contribution < -0.4 is 0 Å². The fourth-order valence-electron chi connectivity index (χ4n) is 0.678. The molecular formula is C7H12N2S. The molecule has 0 radical (unpaired) electrons. The molecule has 0 saturated heterocycles. The molecule has 0 amide bonds. The molecule has 0 N–H and O–H groups in total. The Morgan fingerprint density at radius 1 is 1.40 bits per heavy atom. The van der Waals surface area contributed by atoms with Gasteiger partial charge in [0.2, 0.25) is 0 Å². The van der Waals surface area contributed by atoms with Crippen molar-refractivity contribution in [1.29, 1.82) is 0 Å². The summed E-state index contributed by atoms with van der Waals surface area (Å²) in [5, 5.41) is 0. The Hall–Kier alpha value is -0.440. The average Bonchev–Trinajstić information content (AvgIpc) is 2.36. The molecule has 1 rings (SSSR count). The topological polar surface area (TPSA) is 25.8 Å². The van der Waals surface area contributed by atoms with Crippen LogP contribution in [0.5, 0.6) is 0 Å². The standard InChI is InChI=1S/C7H12N2S/c1-5(2)6(3)7-8-4-10-9-7/h4-6H,1-3H3. The molecule has 0 saturated carbocycles. The third-order valence-corrected chi connectivity index (χ3v) is 2.28. The highest BCUT2D eigenvalue weighted by atomic mass is 32.1. The van der Waals surface area contributed by atoms with Gasteiger partial charge >= 0.3 is 0 Å². The second-order valence-corrected chi connectivity index (χ2v) is 3.43. The Morgan fingerprint density at radius 2 is 2.10 bits per heavy atom. The molecule has 1 heterocycles. The summed E-state index contributed by atoms with van der Waals surface area (Å²) in [5.41, 5.74) is 1.79. The van der Waals surface area contributed by atoms with Gasteiger partial charge in [0.15, 0.2) is 0 Å². The minimum Gasteiger partial charge on any atom is -0.228 e. The molecule has 0 aliphatic rings. The quantitative estimate of drug-likeness (QED) is 0.656. The van der Waals surface area contributed by atoms with Gasteiger partial charge in [-0.2, -0.15) is 4.37 Å². The molecule has 10 heavy (non-hydrogen) atoms. The molecule has 0 aliphatic heterocycles. The third-order valence-electron chi connectivity index (χ3n) is 1.79. The van der Waals surface area contributed by atoms with E-state index in [1.54, 1.807) is 5.51 Å². The minimum absolute atomic E-state index is 0.492. The molecule has 0 fully saturated rings. The van der Waals surface area contributed by atoms with Crippen LogP contribution in [0, 0.1) is 5.92 Å². The van der Waals surface area contributed by atoms with Gasteiger partial charge < -0.3 is 0 Å². The molecule has 0 spiro atoms. The Balaban J connectivity index is 2.68. The molecule has 3 heteroatoms. The number of hydrogen-bond acceptors (Lipinski definition) is 3. The lowest BCUT2D eigenvalue weighted by Crippen LogP contribution is -2.03. The van der Waals surface area contributed by atoms with Gasteiger partial charge in [0.05, 0.1) is 0 Å². The second-order valence-electron chi connectivity index (χ2n) is 2.82. The predicted molar refractivity (Wildman–Crippen MR) is 43.2 cm³/mol. The Bertz CT molecular complexity index is 181. The molecular weight excluding hydrogens is 144 g/mol. The monoisotopic (exact) mass is 156 g/mol. The van der Waals surface area contributed by atoms with Crippen LogP contribution in [-0.4, -0.2) is 9.36 Å². The first kappa shape index (κ1) is 7.66. The largest absolute Gasteiger partial charge is 0.228 e. The van der Waals surface area contributed by atoms with Crippen LogP contribution in [0.25, 0.3) is 0 Å². The van der Waals surface area contributed by atoms with Crippen LogP contribution >= 0.6 is 11.5 Å². The van der Waals surface area contributed by atoms with Crippen molar-refractivity contribution in [2.75, 3.05) is 0 Å². The van der Waals surface area contributed by atoms with Crippen LogP contribution in [0.2, 0.25) is 0 Å². The van der Waals surface area contributed by atoms with Gasteiger partial charge in [0, 0.05) is 5.92 Å². The van der Waals surface area contributed by atoms with E-state index in [0.717, 1.165) is 5.82 Å². The number of rotatable bonds is 2. The zero-order valence-electron chi connectivity index (χ0n) is 6.53. The molecule has 2 nitrogen and oxygen atoms in total. The number of nitrogens with zero attached hydrogens (tertiary/aromatic N) is 2. The molecule has 56 valence electrons. The van der Waals surface area contributed by atoms with Crippen molar-refractivity contribution >= 4 is 11.5 Å². The van der Waals surface area contributed by atoms with E-state index in [1.807, 2.05) is 0 Å². The summed E-state index contributed by atoms with van der Waals surface area (Å²) in [5.74, 6) is 2.11. The van der Waals surface area contributed by atoms with Crippen molar-refractivity contribution in [2.45, 2.75) is 26.7 Å². The van der Waals surface area contributed by atoms with Crippen molar-refractivity contribution in [3.8, 4) is 0 Å². The van der Waals surface area contributed by atoms with Crippen LogP contribution in [0.1, 0.15) is 32.5 Å². The molecule has 1 unspecified atom stereocenters. The van der Waals surface area contributed by atoms with E-state index in [4.69, 9.17) is 0 Å². The van der Waals surface area contributed by atoms with Crippen molar-refractivity contribution in [3.63, 3.8) is 0 Å². The molecule has 1 atom stereocenters. The maximum atomic E-state index is 4.17. The third kappa shape index (κ3) is 1.53. The fourth-order valence-corrected chi connectivity index (χ4v) is 1.20. The molecule has 1 aromatic rings. The molecule has 0 aromatic carbocycles. The lowest BCUT2D eigenvalue weighted by atomic mass is 9.98. The van der Waals surface area contributed by atoms with Crippen LogP contribution in [0.15, 0.2) is 5.51 Å². The summed E-state index contributed by atoms with van der Waals surface area (Å²) < 4.78 is 4.17. The first-order chi connectivity index (χ1) is 4.72. The van der Waals surface area contributed by atoms with Gasteiger partial charge in [-0.25, -0.2) is 4.98 Å². The van der Waals surface area contributed by atoms with Crippen LogP contribution in [-0.2, 0) is 0 Å². The maximum Gasteiger partial charge on any atom is 0.145 e. The average molecular weight is 156 g/mol. The second kappa shape index (κ2) is 3.10. The lowest BCUT2D eigenvalue weighted by molar-refractivity contribution is 0.515. The molecule has 0 aliphatic carbocycles. The van der Waals surface area contributed by atoms with Gasteiger partial charge in [-0.1, -0.05) is 20.8 Å². The van der Waals surface area contributed by atoms with Gasteiger partial charge in [-0.3, -0.25) is 0 Å². The van der Waals surface area contributed by atoms with E-state index in [2.05, 4.69) is 30.1 Å². The first-order valence-electron chi connectivity index (χ1n) is 3.48. The van der Waals surface area contributed by atoms with Crippen molar-refractivity contribution < 1.29 is 0 Å². The predicted octanol–water partition coefficient (Wildman–Crippen LogP) is 2.30. The zero-order valence-corrected chi connectivity index (χ0v) is 7.35. The highest BCUT2D eigenvalue weighted by Crippen LogP contribution is 2.19. The summed E-state index contributed by atoms with van der Waals surface area (Å²) in [6, 6.07) is 0. The summed E-state index contributed by atoms with van der Waals surface area (Å²) in [6.45, 7) is 6.53. The highest BCUT2D eigenvalue weighted by Gasteiger charge is 2.12. The summed E-state index contributed by atoms with van der Waals surface area (Å²) in [4.78, 5) is 4.14. The maximum absolute atomic E-state index is 4.17. The Labute approximate surface area is 65.5 Å².